The van der Waals surface area contributed by atoms with Gasteiger partial charge in [0.1, 0.15) is 0 Å². The maximum absolute atomic E-state index is 11.5. The molecule has 1 aromatic rings. The van der Waals surface area contributed by atoms with Crippen molar-refractivity contribution >= 4 is 23.2 Å². The Kier molecular flexibility index (Phi) is 5.69. The molecule has 1 rings (SSSR count). The minimum absolute atomic E-state index is 0.00811. The first kappa shape index (κ1) is 13.7. The summed E-state index contributed by atoms with van der Waals surface area (Å²) in [6.45, 7) is 4.63. The Morgan fingerprint density at radius 2 is 2.00 bits per heavy atom. The van der Waals surface area contributed by atoms with Gasteiger partial charge in [0, 0.05) is 23.9 Å². The molecule has 5 heteroatoms. The van der Waals surface area contributed by atoms with E-state index >= 15 is 0 Å². The molecule has 0 radical (unpaired) electrons. The van der Waals surface area contributed by atoms with Gasteiger partial charge >= 0.3 is 0 Å². The number of rotatable bonds is 6. The fourth-order valence-electron chi connectivity index (χ4n) is 1.23. The van der Waals surface area contributed by atoms with E-state index in [-0.39, 0.29) is 17.7 Å². The fourth-order valence-corrected chi connectivity index (χ4v) is 1.93. The highest BCUT2D eigenvalue weighted by atomic mass is 32.1. The second-order valence-electron chi connectivity index (χ2n) is 4.05. The fraction of sp³-hybridized carbons (Fsp3) is 0.500. The van der Waals surface area contributed by atoms with Crippen molar-refractivity contribution in [2.75, 3.05) is 13.1 Å². The van der Waals surface area contributed by atoms with E-state index in [1.54, 1.807) is 11.3 Å². The van der Waals surface area contributed by atoms with Crippen LogP contribution in [0.4, 0.5) is 0 Å². The average Bonchev–Trinajstić information content (AvgIpc) is 2.76. The van der Waals surface area contributed by atoms with Crippen molar-refractivity contribution < 1.29 is 9.59 Å². The number of amides is 2. The molecule has 2 N–H and O–H groups in total. The number of hydrogen-bond acceptors (Lipinski definition) is 3. The summed E-state index contributed by atoms with van der Waals surface area (Å²) < 4.78 is 0. The van der Waals surface area contributed by atoms with E-state index in [0.717, 1.165) is 4.88 Å². The van der Waals surface area contributed by atoms with Gasteiger partial charge in [0.25, 0.3) is 0 Å². The highest BCUT2D eigenvalue weighted by Crippen LogP contribution is 2.08. The summed E-state index contributed by atoms with van der Waals surface area (Å²) in [5.41, 5.74) is 0. The van der Waals surface area contributed by atoms with Gasteiger partial charge in [-0.05, 0) is 11.4 Å². The largest absolute Gasteiger partial charge is 0.354 e. The van der Waals surface area contributed by atoms with Crippen LogP contribution < -0.4 is 10.6 Å². The standard InChI is InChI=1S/C12H18N2O2S/c1-9(2)12(16)14-6-5-13-11(15)8-10-4-3-7-17-10/h3-4,7,9H,5-6,8H2,1-2H3,(H,13,15)(H,14,16). The number of hydrogen-bond donors (Lipinski definition) is 2. The molecule has 0 saturated carbocycles. The monoisotopic (exact) mass is 254 g/mol. The third kappa shape index (κ3) is 5.49. The van der Waals surface area contributed by atoms with Crippen LogP contribution in [-0.4, -0.2) is 24.9 Å². The molecular formula is C12H18N2O2S. The first-order valence-corrected chi connectivity index (χ1v) is 6.54. The van der Waals surface area contributed by atoms with E-state index in [0.29, 0.717) is 19.5 Å². The highest BCUT2D eigenvalue weighted by molar-refractivity contribution is 7.10. The Bertz CT molecular complexity index is 361. The van der Waals surface area contributed by atoms with Crippen molar-refractivity contribution in [3.63, 3.8) is 0 Å². The Balaban J connectivity index is 2.10. The minimum atomic E-state index is -0.0168. The van der Waals surface area contributed by atoms with Crippen molar-refractivity contribution in [3.05, 3.63) is 22.4 Å². The molecular weight excluding hydrogens is 236 g/mol. The Morgan fingerprint density at radius 3 is 2.59 bits per heavy atom. The predicted octanol–water partition coefficient (Wildman–Crippen LogP) is 1.18. The number of thiophene rings is 1. The Labute approximate surface area is 105 Å². The zero-order valence-corrected chi connectivity index (χ0v) is 11.0. The van der Waals surface area contributed by atoms with Crippen LogP contribution in [0.3, 0.4) is 0 Å². The van der Waals surface area contributed by atoms with E-state index in [1.165, 1.54) is 0 Å². The molecule has 94 valence electrons. The summed E-state index contributed by atoms with van der Waals surface area (Å²) in [6.07, 6.45) is 0.412. The molecule has 0 aliphatic heterocycles. The van der Waals surface area contributed by atoms with Gasteiger partial charge in [0.2, 0.25) is 11.8 Å². The molecule has 17 heavy (non-hydrogen) atoms. The van der Waals surface area contributed by atoms with Crippen LogP contribution in [0, 0.1) is 5.92 Å². The van der Waals surface area contributed by atoms with Gasteiger partial charge in [0.15, 0.2) is 0 Å². The van der Waals surface area contributed by atoms with Gasteiger partial charge in [-0.1, -0.05) is 19.9 Å². The molecule has 0 unspecified atom stereocenters. The maximum Gasteiger partial charge on any atom is 0.225 e. The van der Waals surface area contributed by atoms with E-state index in [4.69, 9.17) is 0 Å². The predicted molar refractivity (Wildman–Crippen MR) is 68.9 cm³/mol. The van der Waals surface area contributed by atoms with Crippen molar-refractivity contribution in [1.29, 1.82) is 0 Å². The molecule has 1 aromatic heterocycles. The lowest BCUT2D eigenvalue weighted by molar-refractivity contribution is -0.124. The van der Waals surface area contributed by atoms with Gasteiger partial charge in [0.05, 0.1) is 6.42 Å². The summed E-state index contributed by atoms with van der Waals surface area (Å²) in [5.74, 6) is -0.0134. The molecule has 0 atom stereocenters. The van der Waals surface area contributed by atoms with Gasteiger partial charge < -0.3 is 10.6 Å². The summed E-state index contributed by atoms with van der Waals surface area (Å²) in [6, 6.07) is 3.86. The molecule has 1 heterocycles. The zero-order valence-electron chi connectivity index (χ0n) is 10.2. The third-order valence-electron chi connectivity index (χ3n) is 2.19. The van der Waals surface area contributed by atoms with Crippen molar-refractivity contribution in [2.24, 2.45) is 5.92 Å². The van der Waals surface area contributed by atoms with Gasteiger partial charge in [-0.2, -0.15) is 0 Å². The lowest BCUT2D eigenvalue weighted by atomic mass is 10.2. The molecule has 0 aliphatic rings. The lowest BCUT2D eigenvalue weighted by Gasteiger charge is -2.08. The zero-order chi connectivity index (χ0) is 12.7. The van der Waals surface area contributed by atoms with Crippen LogP contribution in [-0.2, 0) is 16.0 Å². The van der Waals surface area contributed by atoms with E-state index in [9.17, 15) is 9.59 Å². The topological polar surface area (TPSA) is 58.2 Å². The minimum Gasteiger partial charge on any atom is -0.354 e. The van der Waals surface area contributed by atoms with Crippen LogP contribution in [0.15, 0.2) is 17.5 Å². The van der Waals surface area contributed by atoms with Crippen molar-refractivity contribution in [2.45, 2.75) is 20.3 Å². The lowest BCUT2D eigenvalue weighted by Crippen LogP contribution is -2.36. The average molecular weight is 254 g/mol. The van der Waals surface area contributed by atoms with Crippen LogP contribution in [0.25, 0.3) is 0 Å². The van der Waals surface area contributed by atoms with E-state index in [2.05, 4.69) is 10.6 Å². The van der Waals surface area contributed by atoms with Gasteiger partial charge in [-0.15, -0.1) is 11.3 Å². The molecule has 0 aliphatic carbocycles. The molecule has 0 bridgehead atoms. The molecule has 0 fully saturated rings. The second-order valence-corrected chi connectivity index (χ2v) is 5.08. The number of carbonyl (C=O) groups excluding carboxylic acids is 2. The quantitative estimate of drug-likeness (QED) is 0.749. The van der Waals surface area contributed by atoms with Gasteiger partial charge in [-0.3, -0.25) is 9.59 Å². The second kappa shape index (κ2) is 7.06. The van der Waals surface area contributed by atoms with Crippen LogP contribution in [0.1, 0.15) is 18.7 Å². The summed E-state index contributed by atoms with van der Waals surface area (Å²) in [5, 5.41) is 7.46. The van der Waals surface area contributed by atoms with E-state index < -0.39 is 0 Å². The first-order valence-electron chi connectivity index (χ1n) is 5.66. The van der Waals surface area contributed by atoms with Gasteiger partial charge in [-0.25, -0.2) is 0 Å². The van der Waals surface area contributed by atoms with Crippen LogP contribution >= 0.6 is 11.3 Å². The normalized spacial score (nSPS) is 10.3. The molecule has 2 amide bonds. The first-order chi connectivity index (χ1) is 8.09. The van der Waals surface area contributed by atoms with Crippen molar-refractivity contribution in [1.82, 2.24) is 10.6 Å². The molecule has 4 nitrogen and oxygen atoms in total. The van der Waals surface area contributed by atoms with E-state index in [1.807, 2.05) is 31.4 Å². The van der Waals surface area contributed by atoms with Crippen LogP contribution in [0.5, 0.6) is 0 Å². The molecule has 0 spiro atoms. The smallest absolute Gasteiger partial charge is 0.225 e. The number of carbonyl (C=O) groups is 2. The summed E-state index contributed by atoms with van der Waals surface area (Å²) in [4.78, 5) is 23.7. The summed E-state index contributed by atoms with van der Waals surface area (Å²) >= 11 is 1.57. The summed E-state index contributed by atoms with van der Waals surface area (Å²) in [7, 11) is 0. The SMILES string of the molecule is CC(C)C(=O)NCCNC(=O)Cc1cccs1. The van der Waals surface area contributed by atoms with Crippen molar-refractivity contribution in [3.8, 4) is 0 Å². The third-order valence-corrected chi connectivity index (χ3v) is 3.06. The Morgan fingerprint density at radius 1 is 1.29 bits per heavy atom. The highest BCUT2D eigenvalue weighted by Gasteiger charge is 2.06. The molecule has 0 saturated heterocycles. The molecule has 0 aromatic carbocycles. The number of nitrogens with one attached hydrogen (secondary N) is 2. The maximum atomic E-state index is 11.5. The Hall–Kier alpha value is -1.36. The van der Waals surface area contributed by atoms with Crippen LogP contribution in [0.2, 0.25) is 0 Å².